The zero-order valence-electron chi connectivity index (χ0n) is 8.59. The van der Waals surface area contributed by atoms with E-state index in [1.54, 1.807) is 0 Å². The van der Waals surface area contributed by atoms with Crippen LogP contribution in [-0.2, 0) is 5.41 Å². The van der Waals surface area contributed by atoms with Crippen LogP contribution in [-0.4, -0.2) is 11.3 Å². The molecule has 0 N–H and O–H groups in total. The van der Waals surface area contributed by atoms with Crippen LogP contribution in [0.5, 0.6) is 0 Å². The van der Waals surface area contributed by atoms with Gasteiger partial charge in [-0.05, 0) is 24.0 Å². The second-order valence-electron chi connectivity index (χ2n) is 4.27. The number of carbonyl (C=O) groups is 1. The van der Waals surface area contributed by atoms with Crippen LogP contribution in [0.1, 0.15) is 42.4 Å². The Balaban J connectivity index is 3.21. The molecule has 0 aliphatic rings. The molecule has 0 spiro atoms. The lowest BCUT2D eigenvalue weighted by Gasteiger charge is -2.18. The predicted octanol–water partition coefficient (Wildman–Crippen LogP) is 2.50. The smallest absolute Gasteiger partial charge is 0.151 e. The molecule has 0 unspecified atom stereocenters. The Labute approximate surface area is 79.0 Å². The summed E-state index contributed by atoms with van der Waals surface area (Å²) in [5, 5.41) is 0. The SMILES string of the molecule is Cc1ncc(C(C)(C)C)cc1C=O. The van der Waals surface area contributed by atoms with E-state index >= 15 is 0 Å². The minimum atomic E-state index is 0.0540. The van der Waals surface area contributed by atoms with Crippen molar-refractivity contribution in [3.63, 3.8) is 0 Å². The van der Waals surface area contributed by atoms with Crippen LogP contribution in [0.2, 0.25) is 0 Å². The lowest BCUT2D eigenvalue weighted by molar-refractivity contribution is 0.112. The maximum Gasteiger partial charge on any atom is 0.151 e. The Morgan fingerprint density at radius 3 is 2.46 bits per heavy atom. The van der Waals surface area contributed by atoms with E-state index in [0.29, 0.717) is 5.56 Å². The van der Waals surface area contributed by atoms with Crippen LogP contribution in [0.25, 0.3) is 0 Å². The van der Waals surface area contributed by atoms with Crippen LogP contribution in [0.4, 0.5) is 0 Å². The van der Waals surface area contributed by atoms with Crippen molar-refractivity contribution in [1.29, 1.82) is 0 Å². The Morgan fingerprint density at radius 2 is 2.00 bits per heavy atom. The number of carbonyl (C=O) groups excluding carboxylic acids is 1. The van der Waals surface area contributed by atoms with Gasteiger partial charge in [0.25, 0.3) is 0 Å². The Morgan fingerprint density at radius 1 is 1.38 bits per heavy atom. The third-order valence-electron chi connectivity index (χ3n) is 2.12. The number of hydrogen-bond acceptors (Lipinski definition) is 2. The normalized spacial score (nSPS) is 11.4. The van der Waals surface area contributed by atoms with Gasteiger partial charge in [-0.1, -0.05) is 20.8 Å². The number of aldehydes is 1. The molecule has 1 aromatic heterocycles. The van der Waals surface area contributed by atoms with Gasteiger partial charge in [-0.25, -0.2) is 0 Å². The summed E-state index contributed by atoms with van der Waals surface area (Å²) in [7, 11) is 0. The van der Waals surface area contributed by atoms with Crippen LogP contribution in [0, 0.1) is 6.92 Å². The van der Waals surface area contributed by atoms with E-state index in [9.17, 15) is 4.79 Å². The van der Waals surface area contributed by atoms with Crippen molar-refractivity contribution in [1.82, 2.24) is 4.98 Å². The molecule has 0 atom stereocenters. The first-order valence-electron chi connectivity index (χ1n) is 4.37. The van der Waals surface area contributed by atoms with E-state index < -0.39 is 0 Å². The molecular weight excluding hydrogens is 162 g/mol. The van der Waals surface area contributed by atoms with Gasteiger partial charge in [-0.15, -0.1) is 0 Å². The molecule has 0 amide bonds. The molecule has 0 bridgehead atoms. The average Bonchev–Trinajstić information content (AvgIpc) is 2.03. The fraction of sp³-hybridized carbons (Fsp3) is 0.455. The van der Waals surface area contributed by atoms with E-state index in [4.69, 9.17) is 0 Å². The molecule has 0 radical (unpaired) electrons. The molecule has 70 valence electrons. The van der Waals surface area contributed by atoms with Gasteiger partial charge in [0.15, 0.2) is 6.29 Å². The molecule has 0 aromatic carbocycles. The monoisotopic (exact) mass is 177 g/mol. The molecule has 2 nitrogen and oxygen atoms in total. The minimum Gasteiger partial charge on any atom is -0.298 e. The van der Waals surface area contributed by atoms with E-state index in [2.05, 4.69) is 25.8 Å². The first-order valence-corrected chi connectivity index (χ1v) is 4.37. The quantitative estimate of drug-likeness (QED) is 0.617. The number of aromatic nitrogens is 1. The molecule has 13 heavy (non-hydrogen) atoms. The topological polar surface area (TPSA) is 30.0 Å². The highest BCUT2D eigenvalue weighted by Crippen LogP contribution is 2.22. The number of aryl methyl sites for hydroxylation is 1. The highest BCUT2D eigenvalue weighted by atomic mass is 16.1. The van der Waals surface area contributed by atoms with Crippen molar-refractivity contribution in [3.8, 4) is 0 Å². The van der Waals surface area contributed by atoms with Gasteiger partial charge in [-0.2, -0.15) is 0 Å². The Bertz CT molecular complexity index is 323. The predicted molar refractivity (Wildman–Crippen MR) is 53.1 cm³/mol. The van der Waals surface area contributed by atoms with Crippen molar-refractivity contribution in [2.75, 3.05) is 0 Å². The molecule has 1 heterocycles. The fourth-order valence-corrected chi connectivity index (χ4v) is 1.08. The van der Waals surface area contributed by atoms with Gasteiger partial charge in [0.2, 0.25) is 0 Å². The van der Waals surface area contributed by atoms with E-state index in [0.717, 1.165) is 17.5 Å². The average molecular weight is 177 g/mol. The zero-order chi connectivity index (χ0) is 10.1. The summed E-state index contributed by atoms with van der Waals surface area (Å²) in [6.07, 6.45) is 2.69. The largest absolute Gasteiger partial charge is 0.298 e. The van der Waals surface area contributed by atoms with Crippen LogP contribution in [0.3, 0.4) is 0 Å². The van der Waals surface area contributed by atoms with Crippen molar-refractivity contribution in [3.05, 3.63) is 29.1 Å². The third-order valence-corrected chi connectivity index (χ3v) is 2.12. The summed E-state index contributed by atoms with van der Waals surface area (Å²) in [4.78, 5) is 14.9. The van der Waals surface area contributed by atoms with Crippen molar-refractivity contribution in [2.45, 2.75) is 33.1 Å². The molecule has 1 rings (SSSR count). The highest BCUT2D eigenvalue weighted by Gasteiger charge is 2.14. The van der Waals surface area contributed by atoms with E-state index in [1.165, 1.54) is 0 Å². The molecule has 0 saturated heterocycles. The third kappa shape index (κ3) is 2.14. The van der Waals surface area contributed by atoms with E-state index in [1.807, 2.05) is 19.2 Å². The molecule has 0 aliphatic carbocycles. The van der Waals surface area contributed by atoms with Crippen molar-refractivity contribution < 1.29 is 4.79 Å². The van der Waals surface area contributed by atoms with Gasteiger partial charge in [-0.3, -0.25) is 9.78 Å². The molecule has 2 heteroatoms. The summed E-state index contributed by atoms with van der Waals surface area (Å²) in [5.74, 6) is 0. The van der Waals surface area contributed by atoms with Gasteiger partial charge in [0.1, 0.15) is 0 Å². The minimum absolute atomic E-state index is 0.0540. The lowest BCUT2D eigenvalue weighted by atomic mass is 9.87. The number of nitrogens with zero attached hydrogens (tertiary/aromatic N) is 1. The molecule has 0 fully saturated rings. The second-order valence-corrected chi connectivity index (χ2v) is 4.27. The number of hydrogen-bond donors (Lipinski definition) is 0. The summed E-state index contributed by atoms with van der Waals surface area (Å²) >= 11 is 0. The maximum atomic E-state index is 10.7. The van der Waals surface area contributed by atoms with Crippen molar-refractivity contribution >= 4 is 6.29 Å². The maximum absolute atomic E-state index is 10.7. The zero-order valence-corrected chi connectivity index (χ0v) is 8.59. The number of rotatable bonds is 1. The van der Waals surface area contributed by atoms with E-state index in [-0.39, 0.29) is 5.41 Å². The standard InChI is InChI=1S/C11H15NO/c1-8-9(7-13)5-10(6-12-8)11(2,3)4/h5-7H,1-4H3. The summed E-state index contributed by atoms with van der Waals surface area (Å²) in [6, 6.07) is 1.91. The van der Waals surface area contributed by atoms with Crippen LogP contribution in [0.15, 0.2) is 12.3 Å². The summed E-state index contributed by atoms with van der Waals surface area (Å²) < 4.78 is 0. The number of pyridine rings is 1. The molecule has 0 aliphatic heterocycles. The fourth-order valence-electron chi connectivity index (χ4n) is 1.08. The Hall–Kier alpha value is -1.18. The van der Waals surface area contributed by atoms with Crippen LogP contribution < -0.4 is 0 Å². The summed E-state index contributed by atoms with van der Waals surface area (Å²) in [5.41, 5.74) is 2.63. The highest BCUT2D eigenvalue weighted by molar-refractivity contribution is 5.76. The lowest BCUT2D eigenvalue weighted by Crippen LogP contribution is -2.12. The first-order chi connectivity index (χ1) is 5.95. The van der Waals surface area contributed by atoms with Gasteiger partial charge in [0.05, 0.1) is 0 Å². The summed E-state index contributed by atoms with van der Waals surface area (Å²) in [6.45, 7) is 8.16. The second kappa shape index (κ2) is 3.29. The first kappa shape index (κ1) is 9.90. The molecule has 1 aromatic rings. The molecular formula is C11H15NO. The van der Waals surface area contributed by atoms with Gasteiger partial charge in [0, 0.05) is 17.5 Å². The van der Waals surface area contributed by atoms with Gasteiger partial charge >= 0.3 is 0 Å². The van der Waals surface area contributed by atoms with Crippen LogP contribution >= 0.6 is 0 Å². The molecule has 0 saturated carbocycles. The Kier molecular flexibility index (Phi) is 2.50. The van der Waals surface area contributed by atoms with Crippen molar-refractivity contribution in [2.24, 2.45) is 0 Å². The van der Waals surface area contributed by atoms with Gasteiger partial charge < -0.3 is 0 Å².